The number of aryl methyl sites for hydroxylation is 3. The Kier molecular flexibility index (Phi) is 4.13. The molecule has 0 unspecified atom stereocenters. The second kappa shape index (κ2) is 6.82. The van der Waals surface area contributed by atoms with E-state index < -0.39 is 0 Å². The van der Waals surface area contributed by atoms with Gasteiger partial charge in [0.1, 0.15) is 0 Å². The molecule has 5 aromatic rings. The maximum absolute atomic E-state index is 5.19. The van der Waals surface area contributed by atoms with Crippen LogP contribution in [0, 0.1) is 20.8 Å². The van der Waals surface area contributed by atoms with Gasteiger partial charge in [-0.05, 0) is 49.6 Å². The summed E-state index contributed by atoms with van der Waals surface area (Å²) in [6.07, 6.45) is 1.84. The molecule has 0 radical (unpaired) electrons. The van der Waals surface area contributed by atoms with Gasteiger partial charge in [-0.25, -0.2) is 4.98 Å². The molecule has 0 aliphatic rings. The van der Waals surface area contributed by atoms with Crippen molar-refractivity contribution in [2.75, 3.05) is 0 Å². The highest BCUT2D eigenvalue weighted by molar-refractivity contribution is 6.05. The summed E-state index contributed by atoms with van der Waals surface area (Å²) in [4.78, 5) is 9.82. The summed E-state index contributed by atoms with van der Waals surface area (Å²) >= 11 is 0. The molecule has 0 saturated carbocycles. The molecule has 0 N–H and O–H groups in total. The zero-order valence-corrected chi connectivity index (χ0v) is 16.9. The second-order valence-corrected chi connectivity index (χ2v) is 7.74. The minimum atomic E-state index is 0.950. The number of hydrogen-bond acceptors (Lipinski definition) is 2. The summed E-state index contributed by atoms with van der Waals surface area (Å²) in [5, 5.41) is 2.23. The second-order valence-electron chi connectivity index (χ2n) is 7.74. The van der Waals surface area contributed by atoms with Gasteiger partial charge in [0.25, 0.3) is 0 Å². The number of pyridine rings is 2. The lowest BCUT2D eigenvalue weighted by Gasteiger charge is -2.17. The third-order valence-corrected chi connectivity index (χ3v) is 5.55. The summed E-state index contributed by atoms with van der Waals surface area (Å²) in [6, 6.07) is 25.6. The Labute approximate surface area is 170 Å². The van der Waals surface area contributed by atoms with E-state index in [4.69, 9.17) is 4.98 Å². The van der Waals surface area contributed by atoms with Crippen molar-refractivity contribution in [2.24, 2.45) is 0 Å². The Hall–Kier alpha value is -3.52. The van der Waals surface area contributed by atoms with Crippen molar-refractivity contribution in [1.29, 1.82) is 0 Å². The van der Waals surface area contributed by atoms with Gasteiger partial charge in [0, 0.05) is 28.1 Å². The first-order valence-electron chi connectivity index (χ1n) is 9.94. The van der Waals surface area contributed by atoms with Crippen molar-refractivity contribution in [3.63, 3.8) is 0 Å². The van der Waals surface area contributed by atoms with E-state index in [2.05, 4.69) is 86.4 Å². The molecule has 5 rings (SSSR count). The van der Waals surface area contributed by atoms with Crippen molar-refractivity contribution in [2.45, 2.75) is 20.8 Å². The van der Waals surface area contributed by atoms with Crippen molar-refractivity contribution >= 4 is 21.8 Å². The highest BCUT2D eigenvalue weighted by atomic mass is 14.8. The number of aromatic nitrogens is 2. The molecule has 2 nitrogen and oxygen atoms in total. The fourth-order valence-corrected chi connectivity index (χ4v) is 4.39. The first-order valence-corrected chi connectivity index (χ1v) is 9.94. The fraction of sp³-hybridized carbons (Fsp3) is 0.111. The highest BCUT2D eigenvalue weighted by Gasteiger charge is 2.16. The fourth-order valence-electron chi connectivity index (χ4n) is 4.39. The van der Waals surface area contributed by atoms with Crippen LogP contribution >= 0.6 is 0 Å². The molecule has 2 heterocycles. The number of nitrogens with zero attached hydrogens (tertiary/aromatic N) is 2. The quantitative estimate of drug-likeness (QED) is 0.310. The number of rotatable bonds is 2. The maximum Gasteiger partial charge on any atom is 0.0972 e. The molecule has 0 fully saturated rings. The maximum atomic E-state index is 5.19. The highest BCUT2D eigenvalue weighted by Crippen LogP contribution is 2.38. The average molecular weight is 374 g/mol. The largest absolute Gasteiger partial charge is 0.254 e. The van der Waals surface area contributed by atoms with Crippen molar-refractivity contribution in [1.82, 2.24) is 9.97 Å². The van der Waals surface area contributed by atoms with Crippen LogP contribution in [-0.2, 0) is 0 Å². The lowest BCUT2D eigenvalue weighted by Crippen LogP contribution is -1.97. The Morgan fingerprint density at radius 2 is 1.38 bits per heavy atom. The van der Waals surface area contributed by atoms with Crippen LogP contribution in [0.2, 0.25) is 0 Å². The molecule has 0 saturated heterocycles. The Morgan fingerprint density at radius 3 is 2.14 bits per heavy atom. The van der Waals surface area contributed by atoms with E-state index in [1.807, 2.05) is 18.3 Å². The van der Waals surface area contributed by atoms with Crippen molar-refractivity contribution < 1.29 is 0 Å². The van der Waals surface area contributed by atoms with Gasteiger partial charge in [0.2, 0.25) is 0 Å². The monoisotopic (exact) mass is 374 g/mol. The zero-order chi connectivity index (χ0) is 20.0. The normalized spacial score (nSPS) is 11.3. The van der Waals surface area contributed by atoms with E-state index in [0.717, 1.165) is 33.1 Å². The molecule has 2 aromatic heterocycles. The van der Waals surface area contributed by atoms with Crippen LogP contribution in [0.5, 0.6) is 0 Å². The topological polar surface area (TPSA) is 25.8 Å². The summed E-state index contributed by atoms with van der Waals surface area (Å²) in [5.41, 5.74) is 10.3. The predicted molar refractivity (Wildman–Crippen MR) is 122 cm³/mol. The molecule has 29 heavy (non-hydrogen) atoms. The van der Waals surface area contributed by atoms with Gasteiger partial charge >= 0.3 is 0 Å². The zero-order valence-electron chi connectivity index (χ0n) is 16.9. The molecular formula is C27H22N2. The molecule has 0 atom stereocenters. The molecule has 0 aliphatic heterocycles. The van der Waals surface area contributed by atoms with E-state index >= 15 is 0 Å². The molecule has 0 spiro atoms. The Bertz CT molecular complexity index is 1350. The van der Waals surface area contributed by atoms with Gasteiger partial charge in [-0.15, -0.1) is 0 Å². The van der Waals surface area contributed by atoms with E-state index in [1.54, 1.807) is 0 Å². The third-order valence-electron chi connectivity index (χ3n) is 5.55. The molecule has 140 valence electrons. The van der Waals surface area contributed by atoms with Crippen LogP contribution in [0.4, 0.5) is 0 Å². The van der Waals surface area contributed by atoms with Crippen LogP contribution in [0.1, 0.15) is 16.7 Å². The first kappa shape index (κ1) is 17.6. The summed E-state index contributed by atoms with van der Waals surface area (Å²) in [6.45, 7) is 6.53. The SMILES string of the molecule is Cc1cc(C)c(-c2cc3ccc4cccnc4c3nc2-c2ccccc2)c(C)c1. The summed E-state index contributed by atoms with van der Waals surface area (Å²) < 4.78 is 0. The molecule has 2 heteroatoms. The lowest BCUT2D eigenvalue weighted by atomic mass is 9.90. The summed E-state index contributed by atoms with van der Waals surface area (Å²) in [7, 11) is 0. The average Bonchev–Trinajstić information content (AvgIpc) is 2.73. The van der Waals surface area contributed by atoms with Gasteiger partial charge in [0.05, 0.1) is 16.7 Å². The molecule has 3 aromatic carbocycles. The minimum Gasteiger partial charge on any atom is -0.254 e. The number of fused-ring (bicyclic) bond motifs is 3. The molecule has 0 aliphatic carbocycles. The van der Waals surface area contributed by atoms with Gasteiger partial charge in [-0.3, -0.25) is 4.98 Å². The van der Waals surface area contributed by atoms with Gasteiger partial charge in [0.15, 0.2) is 0 Å². The lowest BCUT2D eigenvalue weighted by molar-refractivity contribution is 1.30. The molecule has 0 amide bonds. The van der Waals surface area contributed by atoms with Crippen LogP contribution < -0.4 is 0 Å². The van der Waals surface area contributed by atoms with Crippen LogP contribution in [0.3, 0.4) is 0 Å². The van der Waals surface area contributed by atoms with E-state index in [1.165, 1.54) is 27.8 Å². The summed E-state index contributed by atoms with van der Waals surface area (Å²) in [5.74, 6) is 0. The predicted octanol–water partition coefficient (Wildman–Crippen LogP) is 7.04. The third kappa shape index (κ3) is 2.98. The molecular weight excluding hydrogens is 352 g/mol. The van der Waals surface area contributed by atoms with Crippen LogP contribution in [0.15, 0.2) is 79.0 Å². The van der Waals surface area contributed by atoms with Crippen LogP contribution in [-0.4, -0.2) is 9.97 Å². The van der Waals surface area contributed by atoms with Crippen LogP contribution in [0.25, 0.3) is 44.2 Å². The Balaban J connectivity index is 1.92. The van der Waals surface area contributed by atoms with Crippen molar-refractivity contribution in [3.05, 3.63) is 95.7 Å². The van der Waals surface area contributed by atoms with Gasteiger partial charge < -0.3 is 0 Å². The Morgan fingerprint density at radius 1 is 0.655 bits per heavy atom. The molecule has 0 bridgehead atoms. The van der Waals surface area contributed by atoms with E-state index in [-0.39, 0.29) is 0 Å². The first-order chi connectivity index (χ1) is 14.1. The van der Waals surface area contributed by atoms with E-state index in [9.17, 15) is 0 Å². The standard InChI is InChI=1S/C27H22N2/c1-17-14-18(2)24(19(3)15-17)23-16-22-12-11-21-10-7-13-28-26(21)27(22)29-25(23)20-8-5-4-6-9-20/h4-16H,1-3H3. The minimum absolute atomic E-state index is 0.950. The van der Waals surface area contributed by atoms with E-state index in [0.29, 0.717) is 0 Å². The number of benzene rings is 3. The van der Waals surface area contributed by atoms with Gasteiger partial charge in [-0.1, -0.05) is 66.2 Å². The van der Waals surface area contributed by atoms with Crippen molar-refractivity contribution in [3.8, 4) is 22.4 Å². The smallest absolute Gasteiger partial charge is 0.0972 e. The van der Waals surface area contributed by atoms with Gasteiger partial charge in [-0.2, -0.15) is 0 Å². The number of hydrogen-bond donors (Lipinski definition) is 0.